The number of hydrogen-bond acceptors (Lipinski definition) is 3. The van der Waals surface area contributed by atoms with Crippen LogP contribution in [-0.4, -0.2) is 34.0 Å². The topological polar surface area (TPSA) is 66.8 Å². The number of rotatable bonds is 8. The van der Waals surface area contributed by atoms with E-state index in [1.165, 1.54) is 17.0 Å². The Bertz CT molecular complexity index is 1280. The van der Waals surface area contributed by atoms with Crippen LogP contribution in [0.25, 0.3) is 0 Å². The zero-order chi connectivity index (χ0) is 25.2. The van der Waals surface area contributed by atoms with Crippen molar-refractivity contribution in [2.45, 2.75) is 38.3 Å². The number of benzene rings is 3. The van der Waals surface area contributed by atoms with Crippen molar-refractivity contribution in [2.24, 2.45) is 0 Å². The molecule has 0 saturated heterocycles. The van der Waals surface area contributed by atoms with E-state index in [2.05, 4.69) is 0 Å². The molecule has 1 atom stereocenters. The quantitative estimate of drug-likeness (QED) is 0.388. The zero-order valence-electron chi connectivity index (χ0n) is 19.1. The van der Waals surface area contributed by atoms with Gasteiger partial charge in [0.2, 0.25) is 0 Å². The molecule has 0 aliphatic carbocycles. The summed E-state index contributed by atoms with van der Waals surface area (Å²) >= 11 is 12.5. The summed E-state index contributed by atoms with van der Waals surface area (Å²) in [5.41, 5.74) is 2.18. The highest BCUT2D eigenvalue weighted by molar-refractivity contribution is 6.42. The third kappa shape index (κ3) is 5.95. The van der Waals surface area contributed by atoms with E-state index in [9.17, 15) is 14.0 Å². The van der Waals surface area contributed by atoms with Crippen molar-refractivity contribution in [3.8, 4) is 5.75 Å². The van der Waals surface area contributed by atoms with Gasteiger partial charge in [0.25, 0.3) is 5.91 Å². The van der Waals surface area contributed by atoms with Gasteiger partial charge in [0.15, 0.2) is 0 Å². The Labute approximate surface area is 213 Å². The molecule has 3 aromatic rings. The van der Waals surface area contributed by atoms with Gasteiger partial charge in [0.05, 0.1) is 16.5 Å². The Morgan fingerprint density at radius 2 is 1.89 bits per heavy atom. The first kappa shape index (κ1) is 25.0. The van der Waals surface area contributed by atoms with Crippen molar-refractivity contribution < 1.29 is 23.8 Å². The number of carbonyl (C=O) groups excluding carboxylic acids is 1. The van der Waals surface area contributed by atoms with Crippen LogP contribution in [0.2, 0.25) is 10.0 Å². The van der Waals surface area contributed by atoms with Crippen molar-refractivity contribution in [1.82, 2.24) is 4.90 Å². The number of aliphatic carboxylic acids is 1. The lowest BCUT2D eigenvalue weighted by atomic mass is 9.91. The zero-order valence-corrected chi connectivity index (χ0v) is 20.6. The van der Waals surface area contributed by atoms with E-state index >= 15 is 0 Å². The van der Waals surface area contributed by atoms with Crippen LogP contribution in [0.3, 0.4) is 0 Å². The van der Waals surface area contributed by atoms with Crippen LogP contribution in [0.5, 0.6) is 5.75 Å². The van der Waals surface area contributed by atoms with Crippen molar-refractivity contribution in [2.75, 3.05) is 6.54 Å². The fraction of sp³-hybridized carbons (Fsp3) is 0.259. The van der Waals surface area contributed by atoms with Crippen LogP contribution < -0.4 is 4.74 Å². The second-order valence-electron chi connectivity index (χ2n) is 8.94. The molecule has 5 nitrogen and oxygen atoms in total. The Morgan fingerprint density at radius 1 is 1.11 bits per heavy atom. The van der Waals surface area contributed by atoms with Gasteiger partial charge >= 0.3 is 5.97 Å². The number of ether oxygens (including phenoxy) is 1. The molecule has 1 amide bonds. The predicted octanol–water partition coefficient (Wildman–Crippen LogP) is 6.19. The summed E-state index contributed by atoms with van der Waals surface area (Å²) in [6.45, 7) is 2.08. The van der Waals surface area contributed by atoms with Gasteiger partial charge in [-0.1, -0.05) is 47.5 Å². The number of carboxylic acid groups (broad SMARTS) is 1. The first-order chi connectivity index (χ1) is 16.6. The van der Waals surface area contributed by atoms with Crippen LogP contribution in [0.4, 0.5) is 4.39 Å². The van der Waals surface area contributed by atoms with Gasteiger partial charge in [-0.25, -0.2) is 4.39 Å². The molecular weight excluding hydrogens is 492 g/mol. The van der Waals surface area contributed by atoms with E-state index in [1.54, 1.807) is 36.4 Å². The van der Waals surface area contributed by atoms with E-state index < -0.39 is 17.4 Å². The molecule has 1 unspecified atom stereocenters. The number of fused-ring (bicyclic) bond motifs is 1. The first-order valence-electron chi connectivity index (χ1n) is 11.1. The molecule has 3 aromatic carbocycles. The molecule has 0 aromatic heterocycles. The highest BCUT2D eigenvalue weighted by atomic mass is 35.5. The third-order valence-corrected chi connectivity index (χ3v) is 6.83. The minimum Gasteiger partial charge on any atom is -0.487 e. The van der Waals surface area contributed by atoms with Gasteiger partial charge in [-0.05, 0) is 60.0 Å². The number of nitrogens with zero attached hydrogens (tertiary/aromatic N) is 1. The number of amides is 1. The Kier molecular flexibility index (Phi) is 7.33. The molecule has 1 N–H and O–H groups in total. The molecule has 1 aliphatic heterocycles. The summed E-state index contributed by atoms with van der Waals surface area (Å²) in [6, 6.07) is 16.6. The van der Waals surface area contributed by atoms with Gasteiger partial charge in [0.1, 0.15) is 17.2 Å². The van der Waals surface area contributed by atoms with E-state index in [-0.39, 0.29) is 25.4 Å². The monoisotopic (exact) mass is 515 g/mol. The van der Waals surface area contributed by atoms with Crippen LogP contribution >= 0.6 is 23.2 Å². The minimum absolute atomic E-state index is 0.00322. The molecule has 182 valence electrons. The molecule has 35 heavy (non-hydrogen) atoms. The average Bonchev–Trinajstić information content (AvgIpc) is 3.14. The largest absolute Gasteiger partial charge is 0.487 e. The summed E-state index contributed by atoms with van der Waals surface area (Å²) in [7, 11) is 0. The van der Waals surface area contributed by atoms with Crippen LogP contribution in [0, 0.1) is 5.82 Å². The summed E-state index contributed by atoms with van der Waals surface area (Å²) in [5, 5.41) is 10.1. The second kappa shape index (κ2) is 10.3. The van der Waals surface area contributed by atoms with Gasteiger partial charge in [-0.3, -0.25) is 9.59 Å². The van der Waals surface area contributed by atoms with Crippen LogP contribution in [0.1, 0.15) is 40.4 Å². The second-order valence-corrected chi connectivity index (χ2v) is 9.73. The Morgan fingerprint density at radius 3 is 2.63 bits per heavy atom. The normalized spacial score (nSPS) is 16.5. The SMILES string of the molecule is CC1(Cc2cccc(Cl)c2Cl)Cc2cc(C(=O)N(CCC(=O)O)Cc3cccc(F)c3)ccc2O1. The fourth-order valence-electron chi connectivity index (χ4n) is 4.36. The summed E-state index contributed by atoms with van der Waals surface area (Å²) in [4.78, 5) is 25.9. The molecule has 0 spiro atoms. The number of halogens is 3. The standard InChI is InChI=1S/C27H24Cl2FNO4/c1-27(14-19-5-3-7-22(28)25(19)29)15-20-13-18(8-9-23(20)35-27)26(34)31(11-10-24(32)33)16-17-4-2-6-21(30)12-17/h2-9,12-13H,10-11,14-16H2,1H3,(H,32,33). The van der Waals surface area contributed by atoms with E-state index in [4.69, 9.17) is 33.0 Å². The third-order valence-electron chi connectivity index (χ3n) is 5.97. The molecule has 1 heterocycles. The molecule has 0 bridgehead atoms. The lowest BCUT2D eigenvalue weighted by Crippen LogP contribution is -2.33. The highest BCUT2D eigenvalue weighted by Gasteiger charge is 2.36. The number of carbonyl (C=O) groups is 2. The number of carboxylic acids is 1. The molecule has 0 radical (unpaired) electrons. The maximum absolute atomic E-state index is 13.7. The maximum Gasteiger partial charge on any atom is 0.305 e. The summed E-state index contributed by atoms with van der Waals surface area (Å²) < 4.78 is 19.9. The Hall–Kier alpha value is -3.09. The average molecular weight is 516 g/mol. The lowest BCUT2D eigenvalue weighted by molar-refractivity contribution is -0.137. The summed E-state index contributed by atoms with van der Waals surface area (Å²) in [6.07, 6.45) is 0.882. The molecule has 0 saturated carbocycles. The highest BCUT2D eigenvalue weighted by Crippen LogP contribution is 2.39. The van der Waals surface area contributed by atoms with Gasteiger partial charge < -0.3 is 14.7 Å². The van der Waals surface area contributed by atoms with E-state index in [0.29, 0.717) is 39.8 Å². The molecular formula is C27H24Cl2FNO4. The first-order valence-corrected chi connectivity index (χ1v) is 11.9. The van der Waals surface area contributed by atoms with Crippen LogP contribution in [0.15, 0.2) is 60.7 Å². The molecule has 0 fully saturated rings. The number of hydrogen-bond donors (Lipinski definition) is 1. The van der Waals surface area contributed by atoms with Crippen molar-refractivity contribution in [3.63, 3.8) is 0 Å². The van der Waals surface area contributed by atoms with Gasteiger partial charge in [-0.2, -0.15) is 0 Å². The minimum atomic E-state index is -1.01. The molecule has 1 aliphatic rings. The van der Waals surface area contributed by atoms with E-state index in [1.807, 2.05) is 19.1 Å². The predicted molar refractivity (Wildman–Crippen MR) is 133 cm³/mol. The van der Waals surface area contributed by atoms with Crippen LogP contribution in [-0.2, 0) is 24.2 Å². The van der Waals surface area contributed by atoms with Gasteiger partial charge in [-0.15, -0.1) is 0 Å². The lowest BCUT2D eigenvalue weighted by Gasteiger charge is -2.24. The molecule has 4 rings (SSSR count). The maximum atomic E-state index is 13.7. The van der Waals surface area contributed by atoms with E-state index in [0.717, 1.165) is 11.1 Å². The van der Waals surface area contributed by atoms with Gasteiger partial charge in [0, 0.05) is 31.5 Å². The fourth-order valence-corrected chi connectivity index (χ4v) is 4.75. The Balaban J connectivity index is 1.54. The smallest absolute Gasteiger partial charge is 0.305 e. The summed E-state index contributed by atoms with van der Waals surface area (Å²) in [5.74, 6) is -1.07. The molecule has 8 heteroatoms. The van der Waals surface area contributed by atoms with Crippen molar-refractivity contribution in [3.05, 3.63) is 98.8 Å². The van der Waals surface area contributed by atoms with Crippen molar-refractivity contribution in [1.29, 1.82) is 0 Å². The van der Waals surface area contributed by atoms with Crippen molar-refractivity contribution >= 4 is 35.1 Å².